The predicted octanol–water partition coefficient (Wildman–Crippen LogP) is 2.55. The summed E-state index contributed by atoms with van der Waals surface area (Å²) in [5.74, 6) is -1.24. The quantitative estimate of drug-likeness (QED) is 0.549. The molecule has 1 aliphatic rings. The molecule has 0 radical (unpaired) electrons. The number of nitrogens with zero attached hydrogens (tertiary/aromatic N) is 1. The van der Waals surface area contributed by atoms with E-state index in [9.17, 15) is 24.8 Å². The highest BCUT2D eigenvalue weighted by Gasteiger charge is 2.34. The Morgan fingerprint density at radius 2 is 1.92 bits per heavy atom. The van der Waals surface area contributed by atoms with Gasteiger partial charge in [-0.05, 0) is 29.9 Å². The van der Waals surface area contributed by atoms with Gasteiger partial charge in [0.25, 0.3) is 11.0 Å². The summed E-state index contributed by atoms with van der Waals surface area (Å²) in [6.07, 6.45) is 4.56. The number of hydrogen-bond acceptors (Lipinski definition) is 5. The number of carbonyl (C=O) groups excluding carboxylic acids is 1. The first-order valence-corrected chi connectivity index (χ1v) is 8.27. The standard InChI is InChI=1S/C17H22N2O6/c20-15(21)10-17(8-4-1-5-9-17)12-18-16(22)14-7-3-2-6-13(14)11-25-19(23)24/h2-3,6-7H,1,4-5,8-12H2,(H,18,22)(H,20,21). The van der Waals surface area contributed by atoms with E-state index >= 15 is 0 Å². The third-order valence-electron chi connectivity index (χ3n) is 4.65. The Morgan fingerprint density at radius 1 is 1.24 bits per heavy atom. The van der Waals surface area contributed by atoms with Crippen LogP contribution >= 0.6 is 0 Å². The topological polar surface area (TPSA) is 119 Å². The Morgan fingerprint density at radius 3 is 2.56 bits per heavy atom. The van der Waals surface area contributed by atoms with Gasteiger partial charge in [-0.2, -0.15) is 0 Å². The monoisotopic (exact) mass is 350 g/mol. The van der Waals surface area contributed by atoms with Crippen molar-refractivity contribution >= 4 is 11.9 Å². The molecule has 0 spiro atoms. The third kappa shape index (κ3) is 5.44. The Balaban J connectivity index is 2.05. The molecule has 1 amide bonds. The zero-order valence-corrected chi connectivity index (χ0v) is 13.9. The van der Waals surface area contributed by atoms with Gasteiger partial charge in [-0.1, -0.05) is 37.5 Å². The van der Waals surface area contributed by atoms with Crippen LogP contribution < -0.4 is 5.32 Å². The molecular weight excluding hydrogens is 328 g/mol. The van der Waals surface area contributed by atoms with Crippen LogP contribution in [0.25, 0.3) is 0 Å². The van der Waals surface area contributed by atoms with E-state index in [1.54, 1.807) is 24.3 Å². The number of carbonyl (C=O) groups is 2. The lowest BCUT2D eigenvalue weighted by atomic mass is 9.71. The summed E-state index contributed by atoms with van der Waals surface area (Å²) in [6, 6.07) is 6.49. The smallest absolute Gasteiger partial charge is 0.303 e. The summed E-state index contributed by atoms with van der Waals surface area (Å²) in [7, 11) is 0. The second-order valence-electron chi connectivity index (χ2n) is 6.47. The van der Waals surface area contributed by atoms with E-state index in [2.05, 4.69) is 10.2 Å². The lowest BCUT2D eigenvalue weighted by Crippen LogP contribution is -2.40. The van der Waals surface area contributed by atoms with E-state index in [1.165, 1.54) is 0 Å². The van der Waals surface area contributed by atoms with E-state index in [1.807, 2.05) is 0 Å². The van der Waals surface area contributed by atoms with Gasteiger partial charge in [-0.15, -0.1) is 10.1 Å². The van der Waals surface area contributed by atoms with Gasteiger partial charge < -0.3 is 15.3 Å². The molecule has 1 aliphatic carbocycles. The van der Waals surface area contributed by atoms with Gasteiger partial charge in [-0.25, -0.2) is 0 Å². The van der Waals surface area contributed by atoms with Crippen molar-refractivity contribution in [3.63, 3.8) is 0 Å². The number of carboxylic acid groups (broad SMARTS) is 1. The average molecular weight is 350 g/mol. The van der Waals surface area contributed by atoms with E-state index in [0.717, 1.165) is 32.1 Å². The molecule has 0 saturated heterocycles. The summed E-state index contributed by atoms with van der Waals surface area (Å²) >= 11 is 0. The zero-order valence-electron chi connectivity index (χ0n) is 13.9. The van der Waals surface area contributed by atoms with Crippen LogP contribution in [0.2, 0.25) is 0 Å². The Bertz CT molecular complexity index is 640. The van der Waals surface area contributed by atoms with E-state index in [4.69, 9.17) is 0 Å². The van der Waals surface area contributed by atoms with E-state index in [0.29, 0.717) is 11.1 Å². The summed E-state index contributed by atoms with van der Waals surface area (Å²) in [4.78, 5) is 38.4. The molecule has 136 valence electrons. The van der Waals surface area contributed by atoms with Crippen molar-refractivity contribution in [3.05, 3.63) is 45.5 Å². The van der Waals surface area contributed by atoms with Crippen molar-refractivity contribution in [3.8, 4) is 0 Å². The molecule has 1 saturated carbocycles. The van der Waals surface area contributed by atoms with Gasteiger partial charge >= 0.3 is 5.97 Å². The van der Waals surface area contributed by atoms with Gasteiger partial charge in [0.05, 0.1) is 6.42 Å². The summed E-state index contributed by atoms with van der Waals surface area (Å²) in [5.41, 5.74) is 0.282. The van der Waals surface area contributed by atoms with Crippen LogP contribution in [-0.2, 0) is 16.2 Å². The Hall–Kier alpha value is -2.64. The third-order valence-corrected chi connectivity index (χ3v) is 4.65. The van der Waals surface area contributed by atoms with Crippen molar-refractivity contribution in [2.45, 2.75) is 45.1 Å². The van der Waals surface area contributed by atoms with Crippen molar-refractivity contribution in [1.29, 1.82) is 0 Å². The molecule has 0 aliphatic heterocycles. The molecule has 0 atom stereocenters. The molecule has 1 fully saturated rings. The number of amides is 1. The molecule has 2 N–H and O–H groups in total. The largest absolute Gasteiger partial charge is 0.481 e. The van der Waals surface area contributed by atoms with Crippen molar-refractivity contribution in [1.82, 2.24) is 5.32 Å². The maximum Gasteiger partial charge on any atom is 0.303 e. The molecule has 1 aromatic rings. The second-order valence-corrected chi connectivity index (χ2v) is 6.47. The highest BCUT2D eigenvalue weighted by Crippen LogP contribution is 2.38. The second kappa shape index (κ2) is 8.46. The van der Waals surface area contributed by atoms with Gasteiger partial charge in [0, 0.05) is 12.1 Å². The summed E-state index contributed by atoms with van der Waals surface area (Å²) in [5, 5.41) is 21.5. The van der Waals surface area contributed by atoms with Gasteiger partial charge in [0.2, 0.25) is 0 Å². The predicted molar refractivity (Wildman–Crippen MR) is 88.3 cm³/mol. The number of rotatable bonds is 8. The van der Waals surface area contributed by atoms with Crippen LogP contribution in [0.3, 0.4) is 0 Å². The molecule has 2 rings (SSSR count). The van der Waals surface area contributed by atoms with Crippen LogP contribution in [0.15, 0.2) is 24.3 Å². The molecular formula is C17H22N2O6. The molecule has 25 heavy (non-hydrogen) atoms. The van der Waals surface area contributed by atoms with Crippen molar-refractivity contribution in [2.24, 2.45) is 5.41 Å². The van der Waals surface area contributed by atoms with E-state index in [-0.39, 0.29) is 25.5 Å². The average Bonchev–Trinajstić information content (AvgIpc) is 2.58. The van der Waals surface area contributed by atoms with E-state index < -0.39 is 16.5 Å². The SMILES string of the molecule is O=C(O)CC1(CNC(=O)c2ccccc2CO[N+](=O)[O-])CCCCC1. The van der Waals surface area contributed by atoms with Crippen molar-refractivity contribution < 1.29 is 24.6 Å². The number of carboxylic acids is 1. The highest BCUT2D eigenvalue weighted by molar-refractivity contribution is 5.95. The lowest BCUT2D eigenvalue weighted by molar-refractivity contribution is -0.763. The maximum atomic E-state index is 12.5. The fraction of sp³-hybridized carbons (Fsp3) is 0.529. The van der Waals surface area contributed by atoms with Gasteiger partial charge in [0.15, 0.2) is 0 Å². The molecule has 0 heterocycles. The normalized spacial score (nSPS) is 16.0. The van der Waals surface area contributed by atoms with Crippen LogP contribution in [0.5, 0.6) is 0 Å². The molecule has 0 aromatic heterocycles. The first kappa shape index (κ1) is 18.7. The van der Waals surface area contributed by atoms with Crippen molar-refractivity contribution in [2.75, 3.05) is 6.54 Å². The van der Waals surface area contributed by atoms with Crippen LogP contribution in [-0.4, -0.2) is 28.6 Å². The first-order valence-electron chi connectivity index (χ1n) is 8.27. The maximum absolute atomic E-state index is 12.5. The molecule has 0 bridgehead atoms. The minimum atomic E-state index is -0.904. The lowest BCUT2D eigenvalue weighted by Gasteiger charge is -2.36. The zero-order chi connectivity index (χ0) is 18.3. The van der Waals surface area contributed by atoms with Crippen LogP contribution in [0.4, 0.5) is 0 Å². The molecule has 8 heteroatoms. The van der Waals surface area contributed by atoms with Crippen LogP contribution in [0.1, 0.15) is 54.4 Å². The molecule has 1 aromatic carbocycles. The fourth-order valence-electron chi connectivity index (χ4n) is 3.39. The van der Waals surface area contributed by atoms with Gasteiger partial charge in [-0.3, -0.25) is 9.59 Å². The Labute approximate surface area is 145 Å². The molecule has 8 nitrogen and oxygen atoms in total. The Kier molecular flexibility index (Phi) is 6.32. The number of nitrogens with one attached hydrogen (secondary N) is 1. The number of aliphatic carboxylic acids is 1. The highest BCUT2D eigenvalue weighted by atomic mass is 16.9. The number of benzene rings is 1. The first-order chi connectivity index (χ1) is 11.9. The van der Waals surface area contributed by atoms with Crippen LogP contribution in [0, 0.1) is 15.5 Å². The molecule has 0 unspecified atom stereocenters. The minimum Gasteiger partial charge on any atom is -0.481 e. The number of hydrogen-bond donors (Lipinski definition) is 2. The summed E-state index contributed by atoms with van der Waals surface area (Å²) < 4.78 is 0. The minimum absolute atomic E-state index is 0.0271. The fourth-order valence-corrected chi connectivity index (χ4v) is 3.39. The summed E-state index contributed by atoms with van der Waals surface area (Å²) in [6.45, 7) is -0.0284. The van der Waals surface area contributed by atoms with Gasteiger partial charge in [0.1, 0.15) is 6.61 Å².